The summed E-state index contributed by atoms with van der Waals surface area (Å²) in [7, 11) is 3.33. The molecule has 3 atom stereocenters. The van der Waals surface area contributed by atoms with E-state index in [0.29, 0.717) is 61.3 Å². The lowest BCUT2D eigenvalue weighted by atomic mass is 9.87. The lowest BCUT2D eigenvalue weighted by Crippen LogP contribution is -2.36. The van der Waals surface area contributed by atoms with Gasteiger partial charge < -0.3 is 34.3 Å². The van der Waals surface area contributed by atoms with Crippen LogP contribution in [0, 0.1) is 23.7 Å². The van der Waals surface area contributed by atoms with Crippen LogP contribution in [0.2, 0.25) is 0 Å². The minimum absolute atomic E-state index is 0.0603. The van der Waals surface area contributed by atoms with E-state index in [4.69, 9.17) is 23.7 Å². The van der Waals surface area contributed by atoms with Gasteiger partial charge in [0.1, 0.15) is 11.9 Å². The number of carbonyl (C=O) groups is 1. The van der Waals surface area contributed by atoms with Gasteiger partial charge in [-0.1, -0.05) is 13.8 Å². The molecular formula is C28H46N2O6. The lowest BCUT2D eigenvalue weighted by Gasteiger charge is -2.28. The summed E-state index contributed by atoms with van der Waals surface area (Å²) in [5.74, 6) is 3.98. The van der Waals surface area contributed by atoms with Crippen LogP contribution in [0.4, 0.5) is 0 Å². The first kappa shape index (κ1) is 28.5. The summed E-state index contributed by atoms with van der Waals surface area (Å²) in [6.07, 6.45) is 4.38. The van der Waals surface area contributed by atoms with Crippen LogP contribution in [0.3, 0.4) is 0 Å². The summed E-state index contributed by atoms with van der Waals surface area (Å²) in [4.78, 5) is 12.5. The van der Waals surface area contributed by atoms with Crippen LogP contribution in [-0.2, 0) is 14.3 Å². The van der Waals surface area contributed by atoms with E-state index in [2.05, 4.69) is 24.5 Å². The number of ether oxygens (including phenoxy) is 5. The second kappa shape index (κ2) is 15.3. The molecule has 0 radical (unpaired) electrons. The van der Waals surface area contributed by atoms with Crippen molar-refractivity contribution in [3.63, 3.8) is 0 Å². The second-order valence-corrected chi connectivity index (χ2v) is 10.4. The fourth-order valence-electron chi connectivity index (χ4n) is 4.99. The van der Waals surface area contributed by atoms with Crippen molar-refractivity contribution in [2.75, 3.05) is 60.3 Å². The minimum atomic E-state index is 0.0603. The number of benzene rings is 1. The quantitative estimate of drug-likeness (QED) is 0.351. The lowest BCUT2D eigenvalue weighted by molar-refractivity contribution is -0.122. The molecule has 0 unspecified atom stereocenters. The van der Waals surface area contributed by atoms with Gasteiger partial charge in [0, 0.05) is 52.4 Å². The highest BCUT2D eigenvalue weighted by molar-refractivity contribution is 5.76. The SMILES string of the molecule is COCCCOc1cc(O[C@@H](C[C@@H]2CNC[C@H]2CNC(=O)CC2CCOCC2)C(C)C)ccc1OC. The molecule has 2 heterocycles. The fourth-order valence-corrected chi connectivity index (χ4v) is 4.99. The zero-order valence-corrected chi connectivity index (χ0v) is 22.6. The molecule has 1 amide bonds. The number of amides is 1. The number of hydrogen-bond acceptors (Lipinski definition) is 7. The smallest absolute Gasteiger partial charge is 0.220 e. The Bertz CT molecular complexity index is 783. The third-order valence-corrected chi connectivity index (χ3v) is 7.31. The van der Waals surface area contributed by atoms with Gasteiger partial charge in [0.25, 0.3) is 0 Å². The first-order chi connectivity index (χ1) is 17.5. The molecule has 36 heavy (non-hydrogen) atoms. The van der Waals surface area contributed by atoms with Crippen LogP contribution < -0.4 is 24.8 Å². The van der Waals surface area contributed by atoms with Crippen molar-refractivity contribution >= 4 is 5.91 Å². The number of nitrogens with one attached hydrogen (secondary N) is 2. The van der Waals surface area contributed by atoms with Gasteiger partial charge in [-0.3, -0.25) is 4.79 Å². The summed E-state index contributed by atoms with van der Waals surface area (Å²) in [5.41, 5.74) is 0. The molecule has 2 aliphatic rings. The van der Waals surface area contributed by atoms with E-state index >= 15 is 0 Å². The predicted molar refractivity (Wildman–Crippen MR) is 140 cm³/mol. The van der Waals surface area contributed by atoms with Gasteiger partial charge in [-0.25, -0.2) is 0 Å². The Morgan fingerprint density at radius 2 is 1.89 bits per heavy atom. The molecule has 3 rings (SSSR count). The molecule has 0 aliphatic carbocycles. The van der Waals surface area contributed by atoms with E-state index in [1.54, 1.807) is 14.2 Å². The van der Waals surface area contributed by atoms with Crippen LogP contribution in [0.5, 0.6) is 17.2 Å². The molecule has 2 N–H and O–H groups in total. The Balaban J connectivity index is 1.53. The first-order valence-corrected chi connectivity index (χ1v) is 13.5. The molecule has 1 aromatic carbocycles. The standard InChI is InChI=1S/C28H46N2O6/c1-20(2)26(36-24-6-7-25(33-4)27(16-24)35-11-5-10-32-3)15-22-17-29-18-23(22)19-30-28(31)14-21-8-12-34-13-9-21/h6-7,16,20-23,26,29H,5,8-15,17-19H2,1-4H3,(H,30,31)/t22-,23+,26+/m1/s1. The molecule has 1 aromatic rings. The van der Waals surface area contributed by atoms with E-state index in [1.165, 1.54) is 0 Å². The molecule has 2 aliphatic heterocycles. The van der Waals surface area contributed by atoms with Gasteiger partial charge in [-0.05, 0) is 68.2 Å². The average molecular weight is 507 g/mol. The maximum Gasteiger partial charge on any atom is 0.220 e. The Morgan fingerprint density at radius 1 is 1.11 bits per heavy atom. The maximum absolute atomic E-state index is 12.5. The predicted octanol–water partition coefficient (Wildman–Crippen LogP) is 3.67. The topological polar surface area (TPSA) is 87.3 Å². The Kier molecular flexibility index (Phi) is 12.1. The maximum atomic E-state index is 12.5. The number of hydrogen-bond donors (Lipinski definition) is 2. The van der Waals surface area contributed by atoms with Crippen molar-refractivity contribution in [2.24, 2.45) is 23.7 Å². The van der Waals surface area contributed by atoms with Gasteiger partial charge in [-0.15, -0.1) is 0 Å². The highest BCUT2D eigenvalue weighted by atomic mass is 16.5. The van der Waals surface area contributed by atoms with Crippen molar-refractivity contribution < 1.29 is 28.5 Å². The van der Waals surface area contributed by atoms with Gasteiger partial charge in [0.15, 0.2) is 11.5 Å². The summed E-state index contributed by atoms with van der Waals surface area (Å²) < 4.78 is 28.4. The van der Waals surface area contributed by atoms with Crippen LogP contribution in [0.15, 0.2) is 18.2 Å². The Morgan fingerprint density at radius 3 is 2.61 bits per heavy atom. The van der Waals surface area contributed by atoms with Crippen LogP contribution >= 0.6 is 0 Å². The van der Waals surface area contributed by atoms with Crippen molar-refractivity contribution in [1.82, 2.24) is 10.6 Å². The second-order valence-electron chi connectivity index (χ2n) is 10.4. The van der Waals surface area contributed by atoms with Gasteiger partial charge in [0.05, 0.1) is 13.7 Å². The molecule has 0 spiro atoms. The molecule has 0 bridgehead atoms. The van der Waals surface area contributed by atoms with Crippen LogP contribution in [0.25, 0.3) is 0 Å². The summed E-state index contributed by atoms with van der Waals surface area (Å²) in [6, 6.07) is 5.76. The van der Waals surface area contributed by atoms with E-state index in [1.807, 2.05) is 18.2 Å². The molecule has 2 fully saturated rings. The highest BCUT2D eigenvalue weighted by Gasteiger charge is 2.32. The monoisotopic (exact) mass is 506 g/mol. The van der Waals surface area contributed by atoms with Crippen molar-refractivity contribution in [3.05, 3.63) is 18.2 Å². The molecule has 8 heteroatoms. The van der Waals surface area contributed by atoms with Crippen molar-refractivity contribution in [3.8, 4) is 17.2 Å². The van der Waals surface area contributed by atoms with Gasteiger partial charge in [-0.2, -0.15) is 0 Å². The van der Waals surface area contributed by atoms with Crippen molar-refractivity contribution in [1.29, 1.82) is 0 Å². The molecule has 0 saturated carbocycles. The largest absolute Gasteiger partial charge is 0.493 e. The van der Waals surface area contributed by atoms with Gasteiger partial charge in [0.2, 0.25) is 5.91 Å². The number of methoxy groups -OCH3 is 2. The van der Waals surface area contributed by atoms with E-state index in [-0.39, 0.29) is 12.0 Å². The molecule has 8 nitrogen and oxygen atoms in total. The Hall–Kier alpha value is -2.03. The normalized spacial score (nSPS) is 21.4. The molecule has 2 saturated heterocycles. The molecule has 0 aromatic heterocycles. The molecule has 204 valence electrons. The van der Waals surface area contributed by atoms with Gasteiger partial charge >= 0.3 is 0 Å². The van der Waals surface area contributed by atoms with E-state index in [0.717, 1.165) is 57.7 Å². The third-order valence-electron chi connectivity index (χ3n) is 7.31. The minimum Gasteiger partial charge on any atom is -0.493 e. The third kappa shape index (κ3) is 9.12. The first-order valence-electron chi connectivity index (χ1n) is 13.5. The zero-order chi connectivity index (χ0) is 25.8. The van der Waals surface area contributed by atoms with E-state index < -0.39 is 0 Å². The van der Waals surface area contributed by atoms with Crippen molar-refractivity contribution in [2.45, 2.75) is 52.1 Å². The highest BCUT2D eigenvalue weighted by Crippen LogP contribution is 2.34. The number of rotatable bonds is 15. The van der Waals surface area contributed by atoms with Crippen LogP contribution in [-0.4, -0.2) is 72.3 Å². The summed E-state index contributed by atoms with van der Waals surface area (Å²) in [5, 5.41) is 6.73. The Labute approximate surface area is 216 Å². The molecular weight excluding hydrogens is 460 g/mol. The van der Waals surface area contributed by atoms with Crippen LogP contribution in [0.1, 0.15) is 46.0 Å². The fraction of sp³-hybridized carbons (Fsp3) is 0.750. The average Bonchev–Trinajstić information content (AvgIpc) is 3.32. The number of carbonyl (C=O) groups excluding carboxylic acids is 1. The van der Waals surface area contributed by atoms with E-state index in [9.17, 15) is 4.79 Å². The zero-order valence-electron chi connectivity index (χ0n) is 22.6. The summed E-state index contributed by atoms with van der Waals surface area (Å²) >= 11 is 0. The summed E-state index contributed by atoms with van der Waals surface area (Å²) in [6.45, 7) is 9.74.